The van der Waals surface area contributed by atoms with Crippen LogP contribution in [-0.4, -0.2) is 32.5 Å². The van der Waals surface area contributed by atoms with E-state index in [1.807, 2.05) is 6.92 Å². The zero-order valence-corrected chi connectivity index (χ0v) is 17.5. The summed E-state index contributed by atoms with van der Waals surface area (Å²) in [5, 5.41) is 1.62. The van der Waals surface area contributed by atoms with Crippen molar-refractivity contribution in [3.8, 4) is 5.69 Å². The summed E-state index contributed by atoms with van der Waals surface area (Å²) in [6.45, 7) is 2.26. The predicted molar refractivity (Wildman–Crippen MR) is 112 cm³/mol. The Kier molecular flexibility index (Phi) is 5.50. The van der Waals surface area contributed by atoms with Crippen molar-refractivity contribution in [1.29, 1.82) is 0 Å². The van der Waals surface area contributed by atoms with Crippen molar-refractivity contribution in [2.75, 3.05) is 6.54 Å². The minimum Gasteiger partial charge on any atom is -0.338 e. The van der Waals surface area contributed by atoms with Crippen molar-refractivity contribution >= 4 is 27.5 Å². The highest BCUT2D eigenvalue weighted by atomic mass is 32.1. The molecule has 1 unspecified atom stereocenters. The number of rotatable bonds is 3. The highest BCUT2D eigenvalue weighted by Crippen LogP contribution is 2.30. The Balaban J connectivity index is 1.85. The number of nitrogens with zero attached hydrogens (tertiary/aromatic N) is 3. The van der Waals surface area contributed by atoms with Crippen LogP contribution in [0.3, 0.4) is 0 Å². The Morgan fingerprint density at radius 3 is 2.68 bits per heavy atom. The molecule has 31 heavy (non-hydrogen) atoms. The van der Waals surface area contributed by atoms with E-state index in [0.29, 0.717) is 16.6 Å². The van der Waals surface area contributed by atoms with E-state index in [2.05, 4.69) is 0 Å². The van der Waals surface area contributed by atoms with Crippen LogP contribution in [-0.2, 0) is 17.5 Å². The van der Waals surface area contributed by atoms with Gasteiger partial charge in [-0.15, -0.1) is 11.3 Å². The smallest absolute Gasteiger partial charge is 0.338 e. The Morgan fingerprint density at radius 2 is 1.97 bits per heavy atom. The van der Waals surface area contributed by atoms with Crippen LogP contribution >= 0.6 is 11.3 Å². The van der Waals surface area contributed by atoms with Gasteiger partial charge >= 0.3 is 11.9 Å². The van der Waals surface area contributed by atoms with Gasteiger partial charge in [0.25, 0.3) is 5.56 Å². The number of benzene rings is 1. The number of hydrogen-bond donors (Lipinski definition) is 0. The van der Waals surface area contributed by atoms with Gasteiger partial charge in [0.2, 0.25) is 5.91 Å². The first-order valence-electron chi connectivity index (χ1n) is 9.88. The lowest BCUT2D eigenvalue weighted by molar-refractivity contribution is -0.137. The second-order valence-electron chi connectivity index (χ2n) is 7.62. The molecule has 0 N–H and O–H groups in total. The fourth-order valence-electron chi connectivity index (χ4n) is 3.98. The largest absolute Gasteiger partial charge is 0.416 e. The first-order valence-corrected chi connectivity index (χ1v) is 10.8. The number of likely N-dealkylation sites (tertiary alicyclic amines) is 1. The molecular formula is C21H20F3N3O3S. The third-order valence-electron chi connectivity index (χ3n) is 5.60. The molecule has 164 valence electrons. The molecule has 6 nitrogen and oxygen atoms in total. The van der Waals surface area contributed by atoms with Crippen LogP contribution in [0.1, 0.15) is 31.7 Å². The molecule has 1 amide bonds. The van der Waals surface area contributed by atoms with Crippen LogP contribution in [0.15, 0.2) is 45.3 Å². The average molecular weight is 451 g/mol. The summed E-state index contributed by atoms with van der Waals surface area (Å²) in [4.78, 5) is 40.9. The quantitative estimate of drug-likeness (QED) is 0.611. The van der Waals surface area contributed by atoms with E-state index in [4.69, 9.17) is 0 Å². The highest BCUT2D eigenvalue weighted by Gasteiger charge is 2.31. The Labute approximate surface area is 179 Å². The summed E-state index contributed by atoms with van der Waals surface area (Å²) in [5.41, 5.74) is -2.39. The molecule has 10 heteroatoms. The number of halogens is 3. The van der Waals surface area contributed by atoms with Crippen molar-refractivity contribution in [3.63, 3.8) is 0 Å². The summed E-state index contributed by atoms with van der Waals surface area (Å²) >= 11 is 1.08. The fraction of sp³-hybridized carbons (Fsp3) is 0.381. The second-order valence-corrected chi connectivity index (χ2v) is 8.54. The molecule has 4 rings (SSSR count). The fourth-order valence-corrected chi connectivity index (χ4v) is 4.81. The van der Waals surface area contributed by atoms with Gasteiger partial charge in [-0.05, 0) is 55.8 Å². The van der Waals surface area contributed by atoms with Crippen LogP contribution < -0.4 is 11.2 Å². The molecule has 1 aliphatic heterocycles. The van der Waals surface area contributed by atoms with Gasteiger partial charge in [-0.3, -0.25) is 14.2 Å². The number of piperidine rings is 1. The van der Waals surface area contributed by atoms with Gasteiger partial charge in [0.1, 0.15) is 11.2 Å². The molecule has 3 aromatic rings. The Hall–Kier alpha value is -2.88. The molecule has 1 atom stereocenters. The standard InChI is InChI=1S/C21H20F3N3O3S/c1-13-5-2-3-9-25(13)17(28)12-26-16-8-10-31-18(16)19(29)27(20(26)30)15-7-4-6-14(11-15)21(22,23)24/h4,6-8,10-11,13H,2-3,5,9,12H2,1H3. The summed E-state index contributed by atoms with van der Waals surface area (Å²) in [5.74, 6) is -0.254. The van der Waals surface area contributed by atoms with E-state index in [9.17, 15) is 27.6 Å². The summed E-state index contributed by atoms with van der Waals surface area (Å²) in [7, 11) is 0. The minimum atomic E-state index is -4.62. The van der Waals surface area contributed by atoms with Crippen molar-refractivity contribution in [1.82, 2.24) is 14.0 Å². The molecule has 3 heterocycles. The maximum absolute atomic E-state index is 13.2. The molecule has 0 radical (unpaired) electrons. The number of carbonyl (C=O) groups excluding carboxylic acids is 1. The van der Waals surface area contributed by atoms with Crippen LogP contribution in [0.5, 0.6) is 0 Å². The summed E-state index contributed by atoms with van der Waals surface area (Å²) < 4.78 is 41.6. The number of alkyl halides is 3. The van der Waals surface area contributed by atoms with Gasteiger partial charge in [-0.2, -0.15) is 13.2 Å². The number of amides is 1. The summed E-state index contributed by atoms with van der Waals surface area (Å²) in [6, 6.07) is 5.68. The van der Waals surface area contributed by atoms with Crippen molar-refractivity contribution in [2.24, 2.45) is 0 Å². The van der Waals surface area contributed by atoms with Gasteiger partial charge in [-0.25, -0.2) is 9.36 Å². The molecule has 1 aromatic carbocycles. The van der Waals surface area contributed by atoms with E-state index in [0.717, 1.165) is 48.8 Å². The number of fused-ring (bicyclic) bond motifs is 1. The first-order chi connectivity index (χ1) is 14.7. The molecule has 1 aliphatic rings. The van der Waals surface area contributed by atoms with Gasteiger partial charge in [0, 0.05) is 12.6 Å². The molecule has 0 saturated carbocycles. The maximum Gasteiger partial charge on any atom is 0.416 e. The predicted octanol–water partition coefficient (Wildman–Crippen LogP) is 3.63. The molecule has 0 bridgehead atoms. The lowest BCUT2D eigenvalue weighted by Crippen LogP contribution is -2.46. The molecule has 0 aliphatic carbocycles. The molecule has 0 spiro atoms. The van der Waals surface area contributed by atoms with Crippen LogP contribution in [0.2, 0.25) is 0 Å². The molecule has 1 saturated heterocycles. The number of aromatic nitrogens is 2. The third-order valence-corrected chi connectivity index (χ3v) is 6.49. The zero-order valence-electron chi connectivity index (χ0n) is 16.7. The van der Waals surface area contributed by atoms with Gasteiger partial charge in [0.05, 0.1) is 16.8 Å². The molecular weight excluding hydrogens is 431 g/mol. The zero-order chi connectivity index (χ0) is 22.3. The van der Waals surface area contributed by atoms with Crippen LogP contribution in [0.25, 0.3) is 15.9 Å². The van der Waals surface area contributed by atoms with Crippen molar-refractivity contribution in [3.05, 3.63) is 62.1 Å². The molecule has 1 fully saturated rings. The minimum absolute atomic E-state index is 0.0456. The number of hydrogen-bond acceptors (Lipinski definition) is 4. The van der Waals surface area contributed by atoms with Gasteiger partial charge in [0.15, 0.2) is 0 Å². The monoisotopic (exact) mass is 451 g/mol. The SMILES string of the molecule is CC1CCCCN1C(=O)Cn1c(=O)n(-c2cccc(C(F)(F)F)c2)c(=O)c2sccc21. The van der Waals surface area contributed by atoms with E-state index >= 15 is 0 Å². The highest BCUT2D eigenvalue weighted by molar-refractivity contribution is 7.17. The van der Waals surface area contributed by atoms with Crippen molar-refractivity contribution in [2.45, 2.75) is 44.9 Å². The summed E-state index contributed by atoms with van der Waals surface area (Å²) in [6.07, 6.45) is -1.84. The first kappa shape index (κ1) is 21.4. The Morgan fingerprint density at radius 1 is 1.19 bits per heavy atom. The topological polar surface area (TPSA) is 64.3 Å². The van der Waals surface area contributed by atoms with E-state index in [1.54, 1.807) is 16.3 Å². The number of carbonyl (C=O) groups is 1. The van der Waals surface area contributed by atoms with E-state index < -0.39 is 23.0 Å². The average Bonchev–Trinajstić information content (AvgIpc) is 3.21. The second kappa shape index (κ2) is 7.99. The number of thiophene rings is 1. The lowest BCUT2D eigenvalue weighted by Gasteiger charge is -2.33. The van der Waals surface area contributed by atoms with Crippen LogP contribution in [0, 0.1) is 0 Å². The Bertz CT molecular complexity index is 1260. The van der Waals surface area contributed by atoms with E-state index in [-0.39, 0.29) is 28.9 Å². The lowest BCUT2D eigenvalue weighted by atomic mass is 10.0. The van der Waals surface area contributed by atoms with Gasteiger partial charge in [-0.1, -0.05) is 6.07 Å². The maximum atomic E-state index is 13.2. The van der Waals surface area contributed by atoms with E-state index in [1.165, 1.54) is 10.6 Å². The third kappa shape index (κ3) is 3.91. The van der Waals surface area contributed by atoms with Crippen LogP contribution in [0.4, 0.5) is 13.2 Å². The van der Waals surface area contributed by atoms with Crippen molar-refractivity contribution < 1.29 is 18.0 Å². The normalized spacial score (nSPS) is 17.3. The molecule has 2 aromatic heterocycles. The van der Waals surface area contributed by atoms with Gasteiger partial charge < -0.3 is 4.90 Å².